The van der Waals surface area contributed by atoms with Gasteiger partial charge in [0.1, 0.15) is 15.3 Å². The minimum absolute atomic E-state index is 0.0530. The fourth-order valence-electron chi connectivity index (χ4n) is 4.14. The number of carbonyl (C=O) groups is 2. The van der Waals surface area contributed by atoms with Crippen molar-refractivity contribution in [1.82, 2.24) is 14.8 Å². The highest BCUT2D eigenvalue weighted by atomic mass is 32.2. The minimum atomic E-state index is -0.500. The van der Waals surface area contributed by atoms with Gasteiger partial charge in [0.15, 0.2) is 5.57 Å². The van der Waals surface area contributed by atoms with Gasteiger partial charge in [-0.3, -0.25) is 23.9 Å². The second-order valence-corrected chi connectivity index (χ2v) is 10.2. The summed E-state index contributed by atoms with van der Waals surface area (Å²) >= 11 is 2.89. The summed E-state index contributed by atoms with van der Waals surface area (Å²) < 4.78 is 2.12. The van der Waals surface area contributed by atoms with Gasteiger partial charge in [-0.05, 0) is 57.7 Å². The zero-order valence-electron chi connectivity index (χ0n) is 20.8. The molecule has 9 nitrogen and oxygen atoms in total. The molecule has 1 saturated heterocycles. The molecule has 3 N–H and O–H groups in total. The fourth-order valence-corrected chi connectivity index (χ4v) is 5.99. The number of rotatable bonds is 10. The molecule has 0 aliphatic carbocycles. The van der Waals surface area contributed by atoms with Gasteiger partial charge in [0.05, 0.1) is 6.54 Å². The number of hydrogen-bond acceptors (Lipinski definition) is 8. The molecule has 2 aromatic rings. The SMILES string of the molecule is CCNC(=O)C(C#N)=c1sc(=CNc2cccc(NC(=O)CN3CCCC3CSC)c2)c(=O)n1CC. The Morgan fingerprint density at radius 1 is 1.31 bits per heavy atom. The number of benzene rings is 1. The number of nitriles is 1. The summed E-state index contributed by atoms with van der Waals surface area (Å²) in [5.74, 6) is 0.478. The number of thiazole rings is 1. The number of thioether (sulfide) groups is 1. The Bertz CT molecular complexity index is 1310. The third kappa shape index (κ3) is 6.78. The van der Waals surface area contributed by atoms with Crippen molar-refractivity contribution >= 4 is 58.1 Å². The van der Waals surface area contributed by atoms with Crippen LogP contribution in [0.25, 0.3) is 11.8 Å². The summed E-state index contributed by atoms with van der Waals surface area (Å²) in [6, 6.07) is 9.64. The summed E-state index contributed by atoms with van der Waals surface area (Å²) in [5, 5.41) is 18.2. The molecule has 1 aromatic carbocycles. The lowest BCUT2D eigenvalue weighted by atomic mass is 10.2. The average Bonchev–Trinajstić information content (AvgIpc) is 3.42. The van der Waals surface area contributed by atoms with Gasteiger partial charge in [-0.2, -0.15) is 17.0 Å². The van der Waals surface area contributed by atoms with E-state index < -0.39 is 5.91 Å². The van der Waals surface area contributed by atoms with E-state index in [1.54, 1.807) is 37.9 Å². The first-order chi connectivity index (χ1) is 17.4. The first-order valence-electron chi connectivity index (χ1n) is 11.9. The van der Waals surface area contributed by atoms with E-state index >= 15 is 0 Å². The van der Waals surface area contributed by atoms with Crippen LogP contribution in [-0.4, -0.2) is 59.0 Å². The predicted molar refractivity (Wildman–Crippen MR) is 147 cm³/mol. The van der Waals surface area contributed by atoms with Crippen molar-refractivity contribution in [2.75, 3.05) is 42.3 Å². The Morgan fingerprint density at radius 3 is 2.78 bits per heavy atom. The molecule has 0 radical (unpaired) electrons. The Kier molecular flexibility index (Phi) is 10.2. The van der Waals surface area contributed by atoms with Gasteiger partial charge in [-0.25, -0.2) is 0 Å². The lowest BCUT2D eigenvalue weighted by Gasteiger charge is -2.23. The van der Waals surface area contributed by atoms with Crippen molar-refractivity contribution in [3.05, 3.63) is 43.8 Å². The Morgan fingerprint density at radius 2 is 2.08 bits per heavy atom. The van der Waals surface area contributed by atoms with E-state index in [2.05, 4.69) is 27.1 Å². The van der Waals surface area contributed by atoms with Crippen LogP contribution in [0, 0.1) is 11.3 Å². The highest BCUT2D eigenvalue weighted by Gasteiger charge is 2.25. The number of amides is 2. The van der Waals surface area contributed by atoms with Crippen molar-refractivity contribution in [3.63, 3.8) is 0 Å². The summed E-state index contributed by atoms with van der Waals surface area (Å²) in [4.78, 5) is 40.0. The molecule has 1 aliphatic rings. The van der Waals surface area contributed by atoms with Crippen LogP contribution in [0.15, 0.2) is 29.1 Å². The number of likely N-dealkylation sites (tertiary alicyclic amines) is 1. The van der Waals surface area contributed by atoms with Gasteiger partial charge in [0.2, 0.25) is 5.91 Å². The molecule has 11 heteroatoms. The molecule has 1 unspecified atom stereocenters. The van der Waals surface area contributed by atoms with Crippen LogP contribution in [0.5, 0.6) is 0 Å². The molecular weight excluding hydrogens is 496 g/mol. The molecule has 1 aliphatic heterocycles. The lowest BCUT2D eigenvalue weighted by Crippen LogP contribution is -2.38. The number of hydrogen-bond donors (Lipinski definition) is 3. The van der Waals surface area contributed by atoms with Crippen LogP contribution in [-0.2, 0) is 16.1 Å². The molecule has 2 heterocycles. The van der Waals surface area contributed by atoms with Crippen LogP contribution >= 0.6 is 23.1 Å². The van der Waals surface area contributed by atoms with Crippen LogP contribution in [0.4, 0.5) is 11.4 Å². The molecule has 0 bridgehead atoms. The predicted octanol–water partition coefficient (Wildman–Crippen LogP) is 1.36. The normalized spacial score (nSPS) is 16.9. The minimum Gasteiger partial charge on any atom is -0.360 e. The van der Waals surface area contributed by atoms with E-state index in [0.29, 0.717) is 46.2 Å². The van der Waals surface area contributed by atoms with Crippen molar-refractivity contribution in [2.24, 2.45) is 0 Å². The van der Waals surface area contributed by atoms with E-state index in [4.69, 9.17) is 0 Å². The Hall–Kier alpha value is -3.07. The molecule has 192 valence electrons. The monoisotopic (exact) mass is 528 g/mol. The zero-order chi connectivity index (χ0) is 26.1. The third-order valence-electron chi connectivity index (χ3n) is 5.84. The van der Waals surface area contributed by atoms with Crippen molar-refractivity contribution in [2.45, 2.75) is 39.3 Å². The molecule has 0 spiro atoms. The standard InChI is InChI=1S/C25H32N6O3S2/c1-4-27-23(33)20(13-26)25-31(5-2)24(34)21(36-25)14-28-17-8-6-9-18(12-17)29-22(32)15-30-11-7-10-19(30)16-35-3/h6,8-9,12,14,19,28H,4-5,7,10-11,15-16H2,1-3H3,(H,27,33)(H,29,32). The highest BCUT2D eigenvalue weighted by molar-refractivity contribution is 7.98. The maximum atomic E-state index is 12.9. The molecule has 1 atom stereocenters. The third-order valence-corrected chi connectivity index (χ3v) is 7.68. The fraction of sp³-hybridized carbons (Fsp3) is 0.440. The first kappa shape index (κ1) is 27.5. The van der Waals surface area contributed by atoms with Crippen LogP contribution in [0.2, 0.25) is 0 Å². The van der Waals surface area contributed by atoms with Crippen LogP contribution in [0.1, 0.15) is 26.7 Å². The molecule has 3 rings (SSSR count). The summed E-state index contributed by atoms with van der Waals surface area (Å²) in [7, 11) is 0. The van der Waals surface area contributed by atoms with Gasteiger partial charge < -0.3 is 16.0 Å². The van der Waals surface area contributed by atoms with Crippen molar-refractivity contribution in [3.8, 4) is 6.07 Å². The van der Waals surface area contributed by atoms with E-state index in [0.717, 1.165) is 36.5 Å². The summed E-state index contributed by atoms with van der Waals surface area (Å²) in [5.41, 5.74) is 0.993. The van der Waals surface area contributed by atoms with Gasteiger partial charge in [-0.1, -0.05) is 6.07 Å². The van der Waals surface area contributed by atoms with E-state index in [9.17, 15) is 19.6 Å². The molecular formula is C25H32N6O3S2. The van der Waals surface area contributed by atoms with Gasteiger partial charge in [0, 0.05) is 42.5 Å². The second-order valence-electron chi connectivity index (χ2n) is 8.31. The zero-order valence-corrected chi connectivity index (χ0v) is 22.4. The Labute approximate surface area is 218 Å². The molecule has 1 aromatic heterocycles. The maximum Gasteiger partial charge on any atom is 0.270 e. The van der Waals surface area contributed by atoms with Crippen LogP contribution in [0.3, 0.4) is 0 Å². The first-order valence-corrected chi connectivity index (χ1v) is 14.1. The number of anilines is 2. The molecule has 0 saturated carbocycles. The van der Waals surface area contributed by atoms with Crippen molar-refractivity contribution < 1.29 is 9.59 Å². The van der Waals surface area contributed by atoms with Gasteiger partial charge in [0.25, 0.3) is 11.5 Å². The van der Waals surface area contributed by atoms with E-state index in [1.165, 1.54) is 4.57 Å². The maximum absolute atomic E-state index is 12.9. The van der Waals surface area contributed by atoms with E-state index in [1.807, 2.05) is 24.3 Å². The topological polar surface area (TPSA) is 119 Å². The second kappa shape index (κ2) is 13.3. The number of nitrogens with one attached hydrogen (secondary N) is 3. The quantitative estimate of drug-likeness (QED) is 0.426. The molecule has 36 heavy (non-hydrogen) atoms. The average molecular weight is 529 g/mol. The van der Waals surface area contributed by atoms with E-state index in [-0.39, 0.29) is 17.0 Å². The lowest BCUT2D eigenvalue weighted by molar-refractivity contribution is -0.117. The smallest absolute Gasteiger partial charge is 0.270 e. The van der Waals surface area contributed by atoms with Gasteiger partial charge in [-0.15, -0.1) is 11.3 Å². The molecule has 2 amide bonds. The van der Waals surface area contributed by atoms with Crippen LogP contribution < -0.4 is 30.7 Å². The summed E-state index contributed by atoms with van der Waals surface area (Å²) in [6.45, 7) is 5.59. The number of carbonyl (C=O) groups excluding carboxylic acids is 2. The number of aromatic nitrogens is 1. The Balaban J connectivity index is 1.78. The summed E-state index contributed by atoms with van der Waals surface area (Å²) in [6.07, 6.45) is 5.90. The van der Waals surface area contributed by atoms with Gasteiger partial charge >= 0.3 is 0 Å². The highest BCUT2D eigenvalue weighted by Crippen LogP contribution is 2.20. The molecule has 1 fully saturated rings. The number of nitrogens with zero attached hydrogens (tertiary/aromatic N) is 3. The largest absolute Gasteiger partial charge is 0.360 e. The van der Waals surface area contributed by atoms with Crippen molar-refractivity contribution in [1.29, 1.82) is 5.26 Å².